The third-order valence-electron chi connectivity index (χ3n) is 3.01. The molecule has 114 valence electrons. The molecule has 1 amide bonds. The van der Waals surface area contributed by atoms with E-state index in [1.807, 2.05) is 12.1 Å². The van der Waals surface area contributed by atoms with Crippen molar-refractivity contribution in [2.75, 3.05) is 11.1 Å². The third kappa shape index (κ3) is 3.64. The first-order valence-corrected chi connectivity index (χ1v) is 8.81. The largest absolute Gasteiger partial charge is 0.322 e. The van der Waals surface area contributed by atoms with E-state index in [4.69, 9.17) is 16.9 Å². The Hall–Kier alpha value is -2.07. The number of nitrogens with one attached hydrogen (secondary N) is 1. The lowest BCUT2D eigenvalue weighted by Gasteiger charge is -2.06. The van der Waals surface area contributed by atoms with Crippen LogP contribution in [0.1, 0.15) is 10.4 Å². The van der Waals surface area contributed by atoms with Gasteiger partial charge in [0.25, 0.3) is 5.91 Å². The van der Waals surface area contributed by atoms with Gasteiger partial charge in [-0.25, -0.2) is 4.98 Å². The average Bonchev–Trinajstić information content (AvgIpc) is 2.95. The maximum absolute atomic E-state index is 12.3. The number of hydrogen-bond acceptors (Lipinski definition) is 5. The van der Waals surface area contributed by atoms with E-state index in [2.05, 4.69) is 16.4 Å². The Balaban J connectivity index is 1.82. The molecule has 0 fully saturated rings. The van der Waals surface area contributed by atoms with Crippen LogP contribution in [0.5, 0.6) is 0 Å². The van der Waals surface area contributed by atoms with Gasteiger partial charge in [-0.15, -0.1) is 11.3 Å². The van der Waals surface area contributed by atoms with Crippen LogP contribution in [-0.4, -0.2) is 16.6 Å². The number of nitrogens with zero attached hydrogens (tertiary/aromatic N) is 2. The molecule has 23 heavy (non-hydrogen) atoms. The maximum Gasteiger partial charge on any atom is 0.257 e. The van der Waals surface area contributed by atoms with Crippen molar-refractivity contribution < 1.29 is 4.79 Å². The van der Waals surface area contributed by atoms with E-state index in [0.29, 0.717) is 22.0 Å². The summed E-state index contributed by atoms with van der Waals surface area (Å²) < 4.78 is 1.80. The Labute approximate surface area is 146 Å². The van der Waals surface area contributed by atoms with Crippen LogP contribution in [-0.2, 0) is 0 Å². The molecule has 0 radical (unpaired) electrons. The summed E-state index contributed by atoms with van der Waals surface area (Å²) in [6.45, 7) is 0. The Morgan fingerprint density at radius 3 is 2.96 bits per heavy atom. The zero-order valence-electron chi connectivity index (χ0n) is 11.7. The number of nitriles is 1. The summed E-state index contributed by atoms with van der Waals surface area (Å²) in [5, 5.41) is 11.9. The number of hydrogen-bond donors (Lipinski definition) is 1. The van der Waals surface area contributed by atoms with Crippen molar-refractivity contribution in [2.24, 2.45) is 0 Å². The summed E-state index contributed by atoms with van der Waals surface area (Å²) in [4.78, 5) is 16.7. The number of fused-ring (bicyclic) bond motifs is 1. The molecule has 0 atom stereocenters. The Morgan fingerprint density at radius 1 is 1.35 bits per heavy atom. The van der Waals surface area contributed by atoms with Gasteiger partial charge in [0.05, 0.1) is 32.6 Å². The van der Waals surface area contributed by atoms with E-state index in [1.165, 1.54) is 23.1 Å². The maximum atomic E-state index is 12.3. The summed E-state index contributed by atoms with van der Waals surface area (Å²) >= 11 is 8.94. The second-order valence-corrected chi connectivity index (χ2v) is 7.20. The van der Waals surface area contributed by atoms with E-state index in [0.717, 1.165) is 14.6 Å². The van der Waals surface area contributed by atoms with E-state index in [1.54, 1.807) is 30.3 Å². The minimum Gasteiger partial charge on any atom is -0.322 e. The SMILES string of the molecule is N#CCSc1nc2ccc(NC(=O)c3ccccc3Cl)cc2s1. The van der Waals surface area contributed by atoms with Gasteiger partial charge in [0, 0.05) is 5.69 Å². The fourth-order valence-electron chi connectivity index (χ4n) is 1.98. The first kappa shape index (κ1) is 15.8. The summed E-state index contributed by atoms with van der Waals surface area (Å²) in [7, 11) is 0. The van der Waals surface area contributed by atoms with Crippen LogP contribution in [0.3, 0.4) is 0 Å². The summed E-state index contributed by atoms with van der Waals surface area (Å²) in [5.74, 6) is 0.120. The number of aromatic nitrogens is 1. The second kappa shape index (κ2) is 7.01. The van der Waals surface area contributed by atoms with Crippen molar-refractivity contribution in [3.63, 3.8) is 0 Å². The molecule has 2 aromatic carbocycles. The van der Waals surface area contributed by atoms with E-state index in [-0.39, 0.29) is 5.91 Å². The highest BCUT2D eigenvalue weighted by Gasteiger charge is 2.11. The summed E-state index contributed by atoms with van der Waals surface area (Å²) in [5.41, 5.74) is 1.97. The highest BCUT2D eigenvalue weighted by Crippen LogP contribution is 2.31. The fourth-order valence-corrected chi connectivity index (χ4v) is 3.97. The Kier molecular flexibility index (Phi) is 4.82. The van der Waals surface area contributed by atoms with Crippen molar-refractivity contribution >= 4 is 56.5 Å². The van der Waals surface area contributed by atoms with Crippen LogP contribution in [0.2, 0.25) is 5.02 Å². The summed E-state index contributed by atoms with van der Waals surface area (Å²) in [6, 6.07) is 14.5. The number of thiazole rings is 1. The molecule has 1 N–H and O–H groups in total. The van der Waals surface area contributed by atoms with Gasteiger partial charge in [-0.1, -0.05) is 35.5 Å². The topological polar surface area (TPSA) is 65.8 Å². The standard InChI is InChI=1S/C16H10ClN3OS2/c17-12-4-2-1-3-11(12)15(21)19-10-5-6-13-14(9-10)23-16(20-13)22-8-7-18/h1-6,9H,8H2,(H,19,21). The number of benzene rings is 2. The molecule has 0 saturated heterocycles. The molecular formula is C16H10ClN3OS2. The first-order valence-electron chi connectivity index (χ1n) is 6.63. The van der Waals surface area contributed by atoms with E-state index >= 15 is 0 Å². The van der Waals surface area contributed by atoms with Gasteiger partial charge in [0.15, 0.2) is 4.34 Å². The minimum absolute atomic E-state index is 0.251. The average molecular weight is 360 g/mol. The number of amides is 1. The van der Waals surface area contributed by atoms with Gasteiger partial charge in [0.2, 0.25) is 0 Å². The highest BCUT2D eigenvalue weighted by atomic mass is 35.5. The molecule has 3 rings (SSSR count). The first-order chi connectivity index (χ1) is 11.2. The molecule has 1 aromatic heterocycles. The van der Waals surface area contributed by atoms with Crippen molar-refractivity contribution in [3.8, 4) is 6.07 Å². The Morgan fingerprint density at radius 2 is 2.17 bits per heavy atom. The Bertz CT molecular complexity index is 917. The van der Waals surface area contributed by atoms with Crippen LogP contribution in [0, 0.1) is 11.3 Å². The molecular weight excluding hydrogens is 350 g/mol. The predicted molar refractivity (Wildman–Crippen MR) is 95.4 cm³/mol. The quantitative estimate of drug-likeness (QED) is 0.678. The lowest BCUT2D eigenvalue weighted by molar-refractivity contribution is 0.102. The number of anilines is 1. The number of thioether (sulfide) groups is 1. The van der Waals surface area contributed by atoms with Gasteiger partial charge in [-0.05, 0) is 30.3 Å². The molecule has 1 heterocycles. The summed E-state index contributed by atoms with van der Waals surface area (Å²) in [6.07, 6.45) is 0. The predicted octanol–water partition coefficient (Wildman–Crippen LogP) is 4.82. The van der Waals surface area contributed by atoms with Crippen LogP contribution in [0.4, 0.5) is 5.69 Å². The molecule has 0 aliphatic rings. The molecule has 0 aliphatic heterocycles. The van der Waals surface area contributed by atoms with Gasteiger partial charge in [-0.3, -0.25) is 4.79 Å². The van der Waals surface area contributed by atoms with E-state index in [9.17, 15) is 4.79 Å². The lowest BCUT2D eigenvalue weighted by Crippen LogP contribution is -2.12. The van der Waals surface area contributed by atoms with Crippen molar-refractivity contribution in [3.05, 3.63) is 53.1 Å². The number of rotatable bonds is 4. The normalized spacial score (nSPS) is 10.4. The molecule has 0 spiro atoms. The van der Waals surface area contributed by atoms with Crippen LogP contribution in [0.25, 0.3) is 10.2 Å². The molecule has 3 aromatic rings. The van der Waals surface area contributed by atoms with Crippen molar-refractivity contribution in [1.29, 1.82) is 5.26 Å². The van der Waals surface area contributed by atoms with Gasteiger partial charge < -0.3 is 5.32 Å². The zero-order valence-corrected chi connectivity index (χ0v) is 14.1. The minimum atomic E-state index is -0.251. The molecule has 4 nitrogen and oxygen atoms in total. The van der Waals surface area contributed by atoms with Crippen LogP contribution in [0.15, 0.2) is 46.8 Å². The van der Waals surface area contributed by atoms with E-state index < -0.39 is 0 Å². The second-order valence-electron chi connectivity index (χ2n) is 4.54. The number of carbonyl (C=O) groups is 1. The zero-order chi connectivity index (χ0) is 16.2. The number of carbonyl (C=O) groups excluding carboxylic acids is 1. The molecule has 0 unspecified atom stereocenters. The van der Waals surface area contributed by atoms with Crippen LogP contribution >= 0.6 is 34.7 Å². The van der Waals surface area contributed by atoms with Gasteiger partial charge >= 0.3 is 0 Å². The highest BCUT2D eigenvalue weighted by molar-refractivity contribution is 8.01. The van der Waals surface area contributed by atoms with Crippen LogP contribution < -0.4 is 5.32 Å². The van der Waals surface area contributed by atoms with Crippen molar-refractivity contribution in [1.82, 2.24) is 4.98 Å². The molecule has 0 aliphatic carbocycles. The number of halogens is 1. The lowest BCUT2D eigenvalue weighted by atomic mass is 10.2. The van der Waals surface area contributed by atoms with Crippen molar-refractivity contribution in [2.45, 2.75) is 4.34 Å². The fraction of sp³-hybridized carbons (Fsp3) is 0.0625. The molecule has 0 saturated carbocycles. The smallest absolute Gasteiger partial charge is 0.257 e. The monoisotopic (exact) mass is 359 g/mol. The third-order valence-corrected chi connectivity index (χ3v) is 5.36. The van der Waals surface area contributed by atoms with Gasteiger partial charge in [-0.2, -0.15) is 5.26 Å². The molecule has 7 heteroatoms. The van der Waals surface area contributed by atoms with Gasteiger partial charge in [0.1, 0.15) is 0 Å². The molecule has 0 bridgehead atoms.